The number of aliphatic hydroxyl groups excluding tert-OH is 1. The Balaban J connectivity index is 1.67. The van der Waals surface area contributed by atoms with E-state index < -0.39 is 0 Å². The third-order valence-electron chi connectivity index (χ3n) is 5.03. The molecule has 2 bridgehead atoms. The van der Waals surface area contributed by atoms with Crippen LogP contribution in [0, 0.1) is 23.6 Å². The molecule has 1 aromatic carbocycles. The molecular formula is C16H21FO. The minimum Gasteiger partial charge on any atom is -0.396 e. The van der Waals surface area contributed by atoms with E-state index in [-0.39, 0.29) is 18.3 Å². The zero-order valence-corrected chi connectivity index (χ0v) is 10.7. The molecule has 0 aliphatic heterocycles. The minimum absolute atomic E-state index is 0.180. The maximum Gasteiger partial charge on any atom is 0.123 e. The van der Waals surface area contributed by atoms with Crippen LogP contribution in [0.3, 0.4) is 0 Å². The number of aliphatic hydroxyl groups is 1. The molecule has 2 saturated carbocycles. The molecule has 4 unspecified atom stereocenters. The van der Waals surface area contributed by atoms with Gasteiger partial charge < -0.3 is 5.11 Å². The molecule has 2 heteroatoms. The Morgan fingerprint density at radius 1 is 1.17 bits per heavy atom. The molecule has 0 saturated heterocycles. The van der Waals surface area contributed by atoms with Crippen molar-refractivity contribution in [2.45, 2.75) is 38.0 Å². The smallest absolute Gasteiger partial charge is 0.123 e. The second-order valence-electron chi connectivity index (χ2n) is 6.10. The van der Waals surface area contributed by atoms with Crippen molar-refractivity contribution in [1.29, 1.82) is 0 Å². The van der Waals surface area contributed by atoms with E-state index in [1.165, 1.54) is 37.8 Å². The van der Waals surface area contributed by atoms with Crippen molar-refractivity contribution in [1.82, 2.24) is 0 Å². The van der Waals surface area contributed by atoms with Crippen LogP contribution in [0.25, 0.3) is 0 Å². The van der Waals surface area contributed by atoms with Crippen LogP contribution in [0.5, 0.6) is 0 Å². The predicted octanol–water partition coefficient (Wildman–Crippen LogP) is 3.73. The molecule has 0 amide bonds. The number of hydrogen-bond donors (Lipinski definition) is 1. The number of fused-ring (bicyclic) bond motifs is 2. The highest BCUT2D eigenvalue weighted by atomic mass is 19.1. The highest BCUT2D eigenvalue weighted by molar-refractivity contribution is 5.20. The summed E-state index contributed by atoms with van der Waals surface area (Å²) in [4.78, 5) is 0. The molecule has 0 aromatic heterocycles. The SMILES string of the molecule is OCC(CC1CC2CCC1C2)c1ccc(F)cc1. The van der Waals surface area contributed by atoms with Gasteiger partial charge in [0, 0.05) is 12.5 Å². The van der Waals surface area contributed by atoms with Crippen LogP contribution in [0.4, 0.5) is 4.39 Å². The molecule has 3 rings (SSSR count). The first-order chi connectivity index (χ1) is 8.76. The Bertz CT molecular complexity index is 400. The van der Waals surface area contributed by atoms with Crippen molar-refractivity contribution in [3.05, 3.63) is 35.6 Å². The van der Waals surface area contributed by atoms with Crippen LogP contribution in [-0.2, 0) is 0 Å². The Morgan fingerprint density at radius 3 is 2.50 bits per heavy atom. The van der Waals surface area contributed by atoms with Gasteiger partial charge in [-0.05, 0) is 61.1 Å². The van der Waals surface area contributed by atoms with E-state index in [0.29, 0.717) is 0 Å². The zero-order valence-electron chi connectivity index (χ0n) is 10.7. The molecule has 18 heavy (non-hydrogen) atoms. The Labute approximate surface area is 108 Å². The highest BCUT2D eigenvalue weighted by Gasteiger charge is 2.40. The van der Waals surface area contributed by atoms with E-state index >= 15 is 0 Å². The third-order valence-corrected chi connectivity index (χ3v) is 5.03. The fourth-order valence-corrected chi connectivity index (χ4v) is 4.08. The molecule has 0 spiro atoms. The monoisotopic (exact) mass is 248 g/mol. The van der Waals surface area contributed by atoms with Crippen LogP contribution >= 0.6 is 0 Å². The van der Waals surface area contributed by atoms with Crippen molar-refractivity contribution in [2.75, 3.05) is 6.61 Å². The molecule has 2 aliphatic carbocycles. The van der Waals surface area contributed by atoms with E-state index in [2.05, 4.69) is 0 Å². The lowest BCUT2D eigenvalue weighted by molar-refractivity contribution is 0.219. The minimum atomic E-state index is -0.199. The Kier molecular flexibility index (Phi) is 3.38. The summed E-state index contributed by atoms with van der Waals surface area (Å²) in [6, 6.07) is 6.64. The predicted molar refractivity (Wildman–Crippen MR) is 69.8 cm³/mol. The third kappa shape index (κ3) is 2.31. The first-order valence-corrected chi connectivity index (χ1v) is 7.12. The van der Waals surface area contributed by atoms with Crippen LogP contribution in [0.2, 0.25) is 0 Å². The van der Waals surface area contributed by atoms with Crippen molar-refractivity contribution >= 4 is 0 Å². The highest BCUT2D eigenvalue weighted by Crippen LogP contribution is 2.51. The summed E-state index contributed by atoms with van der Waals surface area (Å²) in [5, 5.41) is 9.59. The van der Waals surface area contributed by atoms with E-state index in [9.17, 15) is 9.50 Å². The van der Waals surface area contributed by atoms with Crippen molar-refractivity contribution in [3.8, 4) is 0 Å². The number of rotatable bonds is 4. The largest absolute Gasteiger partial charge is 0.396 e. The van der Waals surface area contributed by atoms with E-state index in [1.54, 1.807) is 0 Å². The lowest BCUT2D eigenvalue weighted by atomic mass is 9.80. The summed E-state index contributed by atoms with van der Waals surface area (Å²) in [7, 11) is 0. The van der Waals surface area contributed by atoms with Crippen LogP contribution in [0.15, 0.2) is 24.3 Å². The average molecular weight is 248 g/mol. The van der Waals surface area contributed by atoms with Gasteiger partial charge in [0.25, 0.3) is 0 Å². The van der Waals surface area contributed by atoms with Crippen molar-refractivity contribution in [2.24, 2.45) is 17.8 Å². The fourth-order valence-electron chi connectivity index (χ4n) is 4.08. The summed E-state index contributed by atoms with van der Waals surface area (Å²) in [6.45, 7) is 0.180. The van der Waals surface area contributed by atoms with Gasteiger partial charge in [-0.25, -0.2) is 4.39 Å². The molecule has 0 radical (unpaired) electrons. The number of benzene rings is 1. The summed E-state index contributed by atoms with van der Waals surface area (Å²) in [6.07, 6.45) is 6.64. The van der Waals surface area contributed by atoms with E-state index in [4.69, 9.17) is 0 Å². The van der Waals surface area contributed by atoms with E-state index in [1.807, 2.05) is 12.1 Å². The lowest BCUT2D eigenvalue weighted by Crippen LogP contribution is -2.16. The normalized spacial score (nSPS) is 31.8. The molecule has 4 atom stereocenters. The van der Waals surface area contributed by atoms with Gasteiger partial charge in [-0.2, -0.15) is 0 Å². The molecule has 0 heterocycles. The Morgan fingerprint density at radius 2 is 1.94 bits per heavy atom. The fraction of sp³-hybridized carbons (Fsp3) is 0.625. The van der Waals surface area contributed by atoms with Gasteiger partial charge in [-0.3, -0.25) is 0 Å². The summed E-state index contributed by atoms with van der Waals surface area (Å²) < 4.78 is 12.9. The first-order valence-electron chi connectivity index (χ1n) is 7.12. The molecule has 1 nitrogen and oxygen atoms in total. The molecule has 2 fully saturated rings. The molecule has 98 valence electrons. The second kappa shape index (κ2) is 5.00. The van der Waals surface area contributed by atoms with E-state index in [0.717, 1.165) is 29.7 Å². The zero-order chi connectivity index (χ0) is 12.5. The lowest BCUT2D eigenvalue weighted by Gasteiger charge is -2.26. The molecule has 1 N–H and O–H groups in total. The van der Waals surface area contributed by atoms with Crippen molar-refractivity contribution in [3.63, 3.8) is 0 Å². The summed E-state index contributed by atoms with van der Waals surface area (Å²) in [5.41, 5.74) is 1.08. The molecular weight excluding hydrogens is 227 g/mol. The first kappa shape index (κ1) is 12.2. The van der Waals surface area contributed by atoms with Crippen LogP contribution < -0.4 is 0 Å². The van der Waals surface area contributed by atoms with Gasteiger partial charge in [0.1, 0.15) is 5.82 Å². The molecule has 1 aromatic rings. The summed E-state index contributed by atoms with van der Waals surface area (Å²) >= 11 is 0. The number of halogens is 1. The standard InChI is InChI=1S/C16H21FO/c17-16-5-3-12(4-6-16)15(10-18)9-14-8-11-1-2-13(14)7-11/h3-6,11,13-15,18H,1-2,7-10H2. The van der Waals surface area contributed by atoms with Gasteiger partial charge in [-0.1, -0.05) is 18.6 Å². The van der Waals surface area contributed by atoms with Gasteiger partial charge in [-0.15, -0.1) is 0 Å². The van der Waals surface area contributed by atoms with Gasteiger partial charge in [0.2, 0.25) is 0 Å². The van der Waals surface area contributed by atoms with Crippen LogP contribution in [0.1, 0.15) is 43.6 Å². The van der Waals surface area contributed by atoms with Crippen LogP contribution in [-0.4, -0.2) is 11.7 Å². The van der Waals surface area contributed by atoms with Gasteiger partial charge in [0.05, 0.1) is 0 Å². The Hall–Kier alpha value is -0.890. The molecule has 2 aliphatic rings. The quantitative estimate of drug-likeness (QED) is 0.861. The topological polar surface area (TPSA) is 20.2 Å². The number of hydrogen-bond acceptors (Lipinski definition) is 1. The van der Waals surface area contributed by atoms with Gasteiger partial charge in [0.15, 0.2) is 0 Å². The summed E-state index contributed by atoms with van der Waals surface area (Å²) in [5.74, 6) is 2.62. The maximum absolute atomic E-state index is 12.9. The maximum atomic E-state index is 12.9. The second-order valence-corrected chi connectivity index (χ2v) is 6.10. The van der Waals surface area contributed by atoms with Gasteiger partial charge >= 0.3 is 0 Å². The average Bonchev–Trinajstić information content (AvgIpc) is 2.99. The van der Waals surface area contributed by atoms with Crippen molar-refractivity contribution < 1.29 is 9.50 Å².